The van der Waals surface area contributed by atoms with Crippen LogP contribution in [0.5, 0.6) is 0 Å². The van der Waals surface area contributed by atoms with Crippen LogP contribution in [-0.4, -0.2) is 4.98 Å². The Bertz CT molecular complexity index is 614. The van der Waals surface area contributed by atoms with Crippen LogP contribution in [0.3, 0.4) is 0 Å². The Morgan fingerprint density at radius 1 is 1.10 bits per heavy atom. The van der Waals surface area contributed by atoms with Gasteiger partial charge in [0.1, 0.15) is 5.82 Å². The predicted octanol–water partition coefficient (Wildman–Crippen LogP) is 5.21. The summed E-state index contributed by atoms with van der Waals surface area (Å²) in [6, 6.07) is 13.9. The van der Waals surface area contributed by atoms with Gasteiger partial charge in [0.25, 0.3) is 0 Å². The summed E-state index contributed by atoms with van der Waals surface area (Å²) in [6.45, 7) is 13.2. The first kappa shape index (κ1) is 16.5. The molecule has 0 unspecified atom stereocenters. The summed E-state index contributed by atoms with van der Waals surface area (Å²) in [5.74, 6) is 0.797. The van der Waals surface area contributed by atoms with Crippen LogP contribution in [0.4, 0.5) is 5.82 Å². The number of nitrogens with zero attached hydrogens (tertiary/aromatic N) is 1. The molecule has 0 saturated heterocycles. The van der Waals surface area contributed by atoms with Gasteiger partial charge in [-0.15, -0.1) is 12.3 Å². The van der Waals surface area contributed by atoms with Crippen molar-refractivity contribution >= 4 is 11.5 Å². The lowest BCUT2D eigenvalue weighted by molar-refractivity contribution is 1.26. The summed E-state index contributed by atoms with van der Waals surface area (Å²) >= 11 is 0. The third-order valence-electron chi connectivity index (χ3n) is 2.40. The van der Waals surface area contributed by atoms with Gasteiger partial charge >= 0.3 is 0 Å². The van der Waals surface area contributed by atoms with Crippen molar-refractivity contribution in [1.82, 2.24) is 4.98 Å². The molecule has 1 aromatic carbocycles. The third-order valence-corrected chi connectivity index (χ3v) is 2.40. The van der Waals surface area contributed by atoms with Gasteiger partial charge in [0.15, 0.2) is 0 Å². The van der Waals surface area contributed by atoms with Gasteiger partial charge in [-0.25, -0.2) is 4.98 Å². The zero-order valence-electron chi connectivity index (χ0n) is 13.0. The summed E-state index contributed by atoms with van der Waals surface area (Å²) < 4.78 is 0. The Morgan fingerprint density at radius 2 is 1.71 bits per heavy atom. The molecule has 1 heterocycles. The highest BCUT2D eigenvalue weighted by atomic mass is 15.0. The third kappa shape index (κ3) is 6.42. The lowest BCUT2D eigenvalue weighted by atomic mass is 10.1. The predicted molar refractivity (Wildman–Crippen MR) is 92.1 cm³/mol. The smallest absolute Gasteiger partial charge is 0.130 e. The summed E-state index contributed by atoms with van der Waals surface area (Å²) in [5, 5.41) is 3.20. The molecule has 0 amide bonds. The Morgan fingerprint density at radius 3 is 2.19 bits per heavy atom. The fraction of sp³-hybridized carbons (Fsp3) is 0.158. The van der Waals surface area contributed by atoms with Gasteiger partial charge in [0, 0.05) is 11.8 Å². The van der Waals surface area contributed by atoms with Crippen LogP contribution in [0.2, 0.25) is 0 Å². The number of allylic oxidation sites excluding steroid dienone is 1. The quantitative estimate of drug-likeness (QED) is 0.615. The van der Waals surface area contributed by atoms with Gasteiger partial charge in [-0.2, -0.15) is 0 Å². The van der Waals surface area contributed by atoms with E-state index < -0.39 is 0 Å². The van der Waals surface area contributed by atoms with Crippen molar-refractivity contribution in [2.24, 2.45) is 0 Å². The molecule has 108 valence electrons. The maximum atomic E-state index is 4.29. The van der Waals surface area contributed by atoms with E-state index in [1.165, 1.54) is 5.57 Å². The first-order valence-electron chi connectivity index (χ1n) is 6.80. The van der Waals surface area contributed by atoms with E-state index >= 15 is 0 Å². The van der Waals surface area contributed by atoms with Gasteiger partial charge in [-0.05, 0) is 32.4 Å². The fourth-order valence-corrected chi connectivity index (χ4v) is 1.49. The summed E-state index contributed by atoms with van der Waals surface area (Å²) in [5.41, 5.74) is 7.08. The van der Waals surface area contributed by atoms with Crippen molar-refractivity contribution in [2.75, 3.05) is 5.32 Å². The average molecular weight is 278 g/mol. The molecule has 1 N–H and O–H groups in total. The summed E-state index contributed by atoms with van der Waals surface area (Å²) in [6.07, 6.45) is 1.83. The normalized spacial score (nSPS) is 8.90. The SMILES string of the molecule is C=C(C)C.C=C=C(Nc1ccc(C)cn1)c1ccccc1. The minimum atomic E-state index is 0.797. The maximum absolute atomic E-state index is 4.29. The molecule has 0 aliphatic rings. The van der Waals surface area contributed by atoms with Crippen molar-refractivity contribution in [3.05, 3.63) is 84.3 Å². The van der Waals surface area contributed by atoms with Crippen LogP contribution in [0.25, 0.3) is 5.70 Å². The number of hydrogen-bond acceptors (Lipinski definition) is 2. The van der Waals surface area contributed by atoms with E-state index in [2.05, 4.69) is 29.2 Å². The maximum Gasteiger partial charge on any atom is 0.130 e. The molecule has 0 saturated carbocycles. The number of nitrogens with one attached hydrogen (secondary N) is 1. The molecule has 0 aliphatic carbocycles. The van der Waals surface area contributed by atoms with E-state index in [-0.39, 0.29) is 0 Å². The fourth-order valence-electron chi connectivity index (χ4n) is 1.49. The lowest BCUT2D eigenvalue weighted by Crippen LogP contribution is -1.99. The van der Waals surface area contributed by atoms with Crippen LogP contribution in [0, 0.1) is 6.92 Å². The van der Waals surface area contributed by atoms with Crippen molar-refractivity contribution in [3.8, 4) is 0 Å². The van der Waals surface area contributed by atoms with Crippen molar-refractivity contribution in [3.63, 3.8) is 0 Å². The van der Waals surface area contributed by atoms with Crippen LogP contribution < -0.4 is 5.32 Å². The van der Waals surface area contributed by atoms with Crippen LogP contribution >= 0.6 is 0 Å². The van der Waals surface area contributed by atoms with E-state index in [0.717, 1.165) is 22.6 Å². The number of anilines is 1. The van der Waals surface area contributed by atoms with Crippen molar-refractivity contribution in [1.29, 1.82) is 0 Å². The Hall–Kier alpha value is -2.57. The van der Waals surface area contributed by atoms with E-state index in [0.29, 0.717) is 0 Å². The Balaban J connectivity index is 0.000000491. The van der Waals surface area contributed by atoms with Gasteiger partial charge in [0.2, 0.25) is 0 Å². The lowest BCUT2D eigenvalue weighted by Gasteiger charge is -2.08. The highest BCUT2D eigenvalue weighted by Crippen LogP contribution is 2.15. The molecule has 0 aliphatic heterocycles. The number of aromatic nitrogens is 1. The standard InChI is InChI=1S/C15H14N2.C4H8/c1-3-14(13-7-5-4-6-8-13)17-15-10-9-12(2)11-16-15;1-4(2)3/h4-11H,1H2,2H3,(H,16,17);1H2,2-3H3. The zero-order chi connectivity index (χ0) is 15.7. The second kappa shape index (κ2) is 8.57. The number of hydrogen-bond donors (Lipinski definition) is 1. The Kier molecular flexibility index (Phi) is 6.73. The molecule has 2 heteroatoms. The molecule has 21 heavy (non-hydrogen) atoms. The number of pyridine rings is 1. The minimum absolute atomic E-state index is 0.797. The zero-order valence-corrected chi connectivity index (χ0v) is 13.0. The summed E-state index contributed by atoms with van der Waals surface area (Å²) in [7, 11) is 0. The van der Waals surface area contributed by atoms with E-state index in [1.54, 1.807) is 0 Å². The molecular weight excluding hydrogens is 256 g/mol. The first-order valence-corrected chi connectivity index (χ1v) is 6.80. The van der Waals surface area contributed by atoms with Crippen LogP contribution in [-0.2, 0) is 0 Å². The summed E-state index contributed by atoms with van der Waals surface area (Å²) in [4.78, 5) is 4.29. The minimum Gasteiger partial charge on any atom is -0.333 e. The number of rotatable bonds is 3. The molecule has 0 fully saturated rings. The molecule has 0 atom stereocenters. The molecular formula is C19H22N2. The monoisotopic (exact) mass is 278 g/mol. The van der Waals surface area contributed by atoms with Gasteiger partial charge < -0.3 is 5.32 Å². The molecule has 0 bridgehead atoms. The molecule has 0 spiro atoms. The number of benzene rings is 1. The topological polar surface area (TPSA) is 24.9 Å². The molecule has 0 radical (unpaired) electrons. The van der Waals surface area contributed by atoms with Gasteiger partial charge in [0.05, 0.1) is 5.70 Å². The molecule has 2 aromatic rings. The largest absolute Gasteiger partial charge is 0.333 e. The van der Waals surface area contributed by atoms with Crippen molar-refractivity contribution in [2.45, 2.75) is 20.8 Å². The van der Waals surface area contributed by atoms with Gasteiger partial charge in [-0.1, -0.05) is 48.6 Å². The average Bonchev–Trinajstić information content (AvgIpc) is 2.47. The molecule has 1 aromatic heterocycles. The van der Waals surface area contributed by atoms with Crippen LogP contribution in [0.1, 0.15) is 25.0 Å². The molecule has 2 rings (SSSR count). The Labute approximate surface area is 127 Å². The van der Waals surface area contributed by atoms with E-state index in [1.807, 2.05) is 69.4 Å². The number of aryl methyl sites for hydroxylation is 1. The van der Waals surface area contributed by atoms with Gasteiger partial charge in [-0.3, -0.25) is 0 Å². The van der Waals surface area contributed by atoms with E-state index in [4.69, 9.17) is 0 Å². The highest BCUT2D eigenvalue weighted by Gasteiger charge is 2.00. The van der Waals surface area contributed by atoms with E-state index in [9.17, 15) is 0 Å². The van der Waals surface area contributed by atoms with Crippen LogP contribution in [0.15, 0.2) is 73.1 Å². The molecule has 2 nitrogen and oxygen atoms in total. The second-order valence-electron chi connectivity index (χ2n) is 4.97. The highest BCUT2D eigenvalue weighted by molar-refractivity contribution is 5.74. The first-order chi connectivity index (χ1) is 10.0. The second-order valence-corrected chi connectivity index (χ2v) is 4.97. The van der Waals surface area contributed by atoms with Crippen molar-refractivity contribution < 1.29 is 0 Å².